The molecule has 2 aromatic carbocycles. The molecule has 152 valence electrons. The van der Waals surface area contributed by atoms with Gasteiger partial charge in [-0.3, -0.25) is 9.59 Å². The number of hydrogen-bond acceptors (Lipinski definition) is 4. The fourth-order valence-corrected chi connectivity index (χ4v) is 4.55. The van der Waals surface area contributed by atoms with E-state index in [2.05, 4.69) is 0 Å². The Balaban J connectivity index is 1.85. The summed E-state index contributed by atoms with van der Waals surface area (Å²) in [6, 6.07) is 14.4. The van der Waals surface area contributed by atoms with Crippen LogP contribution in [0.15, 0.2) is 65.6 Å². The molecule has 30 heavy (non-hydrogen) atoms. The van der Waals surface area contributed by atoms with Crippen LogP contribution in [0.25, 0.3) is 5.76 Å². The van der Waals surface area contributed by atoms with Gasteiger partial charge in [0.05, 0.1) is 11.6 Å². The molecule has 1 fully saturated rings. The Kier molecular flexibility index (Phi) is 5.26. The number of nitrogens with zero attached hydrogens (tertiary/aromatic N) is 1. The fraction of sp³-hybridized carbons (Fsp3) is 0.167. The quantitative estimate of drug-likeness (QED) is 0.361. The summed E-state index contributed by atoms with van der Waals surface area (Å²) in [6.45, 7) is 3.89. The number of thiophene rings is 1. The van der Waals surface area contributed by atoms with Gasteiger partial charge in [0.25, 0.3) is 11.7 Å². The molecule has 1 amide bonds. The van der Waals surface area contributed by atoms with E-state index in [9.17, 15) is 19.1 Å². The maximum Gasteiger partial charge on any atom is 0.295 e. The Bertz CT molecular complexity index is 1150. The van der Waals surface area contributed by atoms with Gasteiger partial charge < -0.3 is 10.0 Å². The molecule has 0 radical (unpaired) electrons. The van der Waals surface area contributed by atoms with Gasteiger partial charge in [0, 0.05) is 17.0 Å². The smallest absolute Gasteiger partial charge is 0.295 e. The van der Waals surface area contributed by atoms with Gasteiger partial charge in [0.2, 0.25) is 0 Å². The van der Waals surface area contributed by atoms with E-state index in [1.54, 1.807) is 12.1 Å². The van der Waals surface area contributed by atoms with Gasteiger partial charge in [-0.15, -0.1) is 11.3 Å². The summed E-state index contributed by atoms with van der Waals surface area (Å²) >= 11 is 1.41. The van der Waals surface area contributed by atoms with Crippen molar-refractivity contribution in [3.63, 3.8) is 0 Å². The van der Waals surface area contributed by atoms with Crippen LogP contribution in [0.1, 0.15) is 33.2 Å². The summed E-state index contributed by atoms with van der Waals surface area (Å²) in [7, 11) is 0. The average Bonchev–Trinajstić information content (AvgIpc) is 3.33. The number of hydrogen-bond donors (Lipinski definition) is 1. The van der Waals surface area contributed by atoms with Crippen LogP contribution in [0.4, 0.5) is 4.39 Å². The standard InChI is InChI=1S/C24H20FNO3S/c1-14-5-6-15(2)18(12-14)22(27)20-21(19-4-3-11-30-19)26(24(29)23(20)28)13-16-7-9-17(25)10-8-16/h3-12,21,27H,13H2,1-2H3/b22-20-. The highest BCUT2D eigenvalue weighted by Crippen LogP contribution is 2.42. The van der Waals surface area contributed by atoms with Crippen molar-refractivity contribution in [1.82, 2.24) is 4.90 Å². The van der Waals surface area contributed by atoms with Gasteiger partial charge >= 0.3 is 0 Å². The van der Waals surface area contributed by atoms with Gasteiger partial charge in [0.15, 0.2) is 0 Å². The van der Waals surface area contributed by atoms with Crippen molar-refractivity contribution in [3.8, 4) is 0 Å². The molecule has 1 atom stereocenters. The highest BCUT2D eigenvalue weighted by molar-refractivity contribution is 7.10. The minimum absolute atomic E-state index is 0.0817. The maximum atomic E-state index is 13.3. The van der Waals surface area contributed by atoms with Crippen molar-refractivity contribution < 1.29 is 19.1 Å². The lowest BCUT2D eigenvalue weighted by molar-refractivity contribution is -0.140. The normalized spacial score (nSPS) is 18.2. The monoisotopic (exact) mass is 421 g/mol. The van der Waals surface area contributed by atoms with Crippen LogP contribution < -0.4 is 0 Å². The van der Waals surface area contributed by atoms with Crippen molar-refractivity contribution in [2.24, 2.45) is 0 Å². The molecule has 1 aromatic heterocycles. The van der Waals surface area contributed by atoms with E-state index in [1.807, 2.05) is 49.6 Å². The van der Waals surface area contributed by atoms with E-state index in [4.69, 9.17) is 0 Å². The van der Waals surface area contributed by atoms with Crippen LogP contribution in [0.3, 0.4) is 0 Å². The van der Waals surface area contributed by atoms with E-state index >= 15 is 0 Å². The maximum absolute atomic E-state index is 13.3. The highest BCUT2D eigenvalue weighted by Gasteiger charge is 2.46. The molecule has 0 saturated carbocycles. The molecule has 6 heteroatoms. The van der Waals surface area contributed by atoms with E-state index < -0.39 is 17.7 Å². The Morgan fingerprint density at radius 3 is 2.50 bits per heavy atom. The van der Waals surface area contributed by atoms with E-state index in [1.165, 1.54) is 28.4 Å². The number of aryl methyl sites for hydroxylation is 2. The first-order valence-electron chi connectivity index (χ1n) is 9.50. The van der Waals surface area contributed by atoms with Crippen LogP contribution in [-0.2, 0) is 16.1 Å². The molecule has 0 aliphatic carbocycles. The number of halogens is 1. The van der Waals surface area contributed by atoms with Crippen LogP contribution in [0.5, 0.6) is 0 Å². The van der Waals surface area contributed by atoms with Crippen LogP contribution in [-0.4, -0.2) is 21.7 Å². The molecular formula is C24H20FNO3S. The number of amides is 1. The van der Waals surface area contributed by atoms with Crippen molar-refractivity contribution in [3.05, 3.63) is 98.5 Å². The predicted molar refractivity (Wildman–Crippen MR) is 114 cm³/mol. The van der Waals surface area contributed by atoms with Crippen LogP contribution in [0.2, 0.25) is 0 Å². The first-order chi connectivity index (χ1) is 14.4. The number of carbonyl (C=O) groups is 2. The second kappa shape index (κ2) is 7.88. The second-order valence-electron chi connectivity index (χ2n) is 7.39. The number of Topliss-reactive ketones (excluding diaryl/α,β-unsaturated/α-hetero) is 1. The summed E-state index contributed by atoms with van der Waals surface area (Å²) in [5.74, 6) is -1.93. The number of carbonyl (C=O) groups excluding carboxylic acids is 2. The van der Waals surface area contributed by atoms with Crippen molar-refractivity contribution in [2.45, 2.75) is 26.4 Å². The summed E-state index contributed by atoms with van der Waals surface area (Å²) < 4.78 is 13.3. The molecule has 0 bridgehead atoms. The fourth-order valence-electron chi connectivity index (χ4n) is 3.71. The first kappa shape index (κ1) is 20.0. The Labute approximate surface area is 177 Å². The molecule has 4 nitrogen and oxygen atoms in total. The van der Waals surface area contributed by atoms with E-state index in [0.717, 1.165) is 16.0 Å². The Morgan fingerprint density at radius 2 is 1.83 bits per heavy atom. The van der Waals surface area contributed by atoms with E-state index in [0.29, 0.717) is 11.1 Å². The largest absolute Gasteiger partial charge is 0.507 e. The number of ketones is 1. The lowest BCUT2D eigenvalue weighted by atomic mass is 9.96. The molecule has 2 heterocycles. The molecule has 1 saturated heterocycles. The summed E-state index contributed by atoms with van der Waals surface area (Å²) in [5.41, 5.74) is 3.07. The minimum atomic E-state index is -0.714. The van der Waals surface area contributed by atoms with Crippen LogP contribution in [0, 0.1) is 19.7 Å². The number of aliphatic hydroxyl groups excluding tert-OH is 1. The SMILES string of the molecule is Cc1ccc(C)c(/C(O)=C2/C(=O)C(=O)N(Cc3ccc(F)cc3)C2c2cccs2)c1. The molecule has 1 N–H and O–H groups in total. The average molecular weight is 421 g/mol. The summed E-state index contributed by atoms with van der Waals surface area (Å²) in [4.78, 5) is 28.2. The van der Waals surface area contributed by atoms with Gasteiger partial charge in [-0.1, -0.05) is 35.9 Å². The van der Waals surface area contributed by atoms with Crippen LogP contribution >= 0.6 is 11.3 Å². The van der Waals surface area contributed by atoms with Crippen molar-refractivity contribution in [2.75, 3.05) is 0 Å². The van der Waals surface area contributed by atoms with Gasteiger partial charge in [-0.2, -0.15) is 0 Å². The third kappa shape index (κ3) is 3.55. The highest BCUT2D eigenvalue weighted by atomic mass is 32.1. The zero-order chi connectivity index (χ0) is 21.4. The molecule has 3 aromatic rings. The lowest BCUT2D eigenvalue weighted by Crippen LogP contribution is -2.28. The zero-order valence-corrected chi connectivity index (χ0v) is 17.4. The number of rotatable bonds is 4. The van der Waals surface area contributed by atoms with Gasteiger partial charge in [-0.05, 0) is 54.6 Å². The minimum Gasteiger partial charge on any atom is -0.507 e. The van der Waals surface area contributed by atoms with Crippen molar-refractivity contribution in [1.29, 1.82) is 0 Å². The number of likely N-dealkylation sites (tertiary alicyclic amines) is 1. The number of aliphatic hydroxyl groups is 1. The molecule has 0 spiro atoms. The predicted octanol–water partition coefficient (Wildman–Crippen LogP) is 5.13. The molecule has 1 unspecified atom stereocenters. The Hall–Kier alpha value is -3.25. The summed E-state index contributed by atoms with van der Waals surface area (Å²) in [5, 5.41) is 13.0. The van der Waals surface area contributed by atoms with Gasteiger partial charge in [0.1, 0.15) is 11.6 Å². The topological polar surface area (TPSA) is 57.6 Å². The first-order valence-corrected chi connectivity index (χ1v) is 10.4. The molecular weight excluding hydrogens is 401 g/mol. The molecule has 1 aliphatic heterocycles. The third-order valence-electron chi connectivity index (χ3n) is 5.27. The molecule has 4 rings (SSSR count). The third-order valence-corrected chi connectivity index (χ3v) is 6.19. The summed E-state index contributed by atoms with van der Waals surface area (Å²) in [6.07, 6.45) is 0. The van der Waals surface area contributed by atoms with E-state index in [-0.39, 0.29) is 23.7 Å². The van der Waals surface area contributed by atoms with Crippen molar-refractivity contribution >= 4 is 28.8 Å². The zero-order valence-electron chi connectivity index (χ0n) is 16.6. The van der Waals surface area contributed by atoms with Gasteiger partial charge in [-0.25, -0.2) is 4.39 Å². The Morgan fingerprint density at radius 1 is 1.10 bits per heavy atom. The molecule has 1 aliphatic rings. The lowest BCUT2D eigenvalue weighted by Gasteiger charge is -2.24. The number of benzene rings is 2. The second-order valence-corrected chi connectivity index (χ2v) is 8.37.